The van der Waals surface area contributed by atoms with Gasteiger partial charge in [0.25, 0.3) is 5.91 Å². The summed E-state index contributed by atoms with van der Waals surface area (Å²) in [6.45, 7) is 1.83. The zero-order chi connectivity index (χ0) is 19.1. The van der Waals surface area contributed by atoms with E-state index in [1.54, 1.807) is 36.1 Å². The van der Waals surface area contributed by atoms with Gasteiger partial charge in [-0.05, 0) is 50.1 Å². The second-order valence-electron chi connectivity index (χ2n) is 6.82. The van der Waals surface area contributed by atoms with Gasteiger partial charge in [-0.25, -0.2) is 8.78 Å². The summed E-state index contributed by atoms with van der Waals surface area (Å²) in [6.07, 6.45) is 1.76. The fourth-order valence-electron chi connectivity index (χ4n) is 3.21. The van der Waals surface area contributed by atoms with Gasteiger partial charge in [0, 0.05) is 28.1 Å². The molecule has 1 aromatic heterocycles. The first-order valence-electron chi connectivity index (χ1n) is 8.75. The van der Waals surface area contributed by atoms with E-state index in [4.69, 9.17) is 11.6 Å². The second kappa shape index (κ2) is 6.89. The third kappa shape index (κ3) is 3.52. The number of fused-ring (bicyclic) bond motifs is 1. The molecule has 0 bridgehead atoms. The van der Waals surface area contributed by atoms with E-state index < -0.39 is 5.82 Å². The molecule has 4 rings (SSSR count). The normalized spacial score (nSPS) is 13.8. The van der Waals surface area contributed by atoms with Crippen LogP contribution >= 0.6 is 11.6 Å². The maximum absolute atomic E-state index is 14.2. The Kier molecular flexibility index (Phi) is 4.56. The standard InChI is InChI=1S/C21H17ClF2N2O/c1-12-16(9-13-5-6-14(23)10-20(13)25-12)21(27)26(15-7-8-15)11-17-18(22)3-2-4-19(17)24/h2-6,9-10,15H,7-8,11H2,1H3. The molecule has 0 spiro atoms. The summed E-state index contributed by atoms with van der Waals surface area (Å²) >= 11 is 6.15. The molecular weight excluding hydrogens is 370 g/mol. The van der Waals surface area contributed by atoms with Crippen molar-refractivity contribution in [3.05, 3.63) is 75.9 Å². The number of rotatable bonds is 4. The van der Waals surface area contributed by atoms with Crippen LogP contribution in [-0.2, 0) is 6.54 Å². The van der Waals surface area contributed by atoms with E-state index >= 15 is 0 Å². The fraction of sp³-hybridized carbons (Fsp3) is 0.238. The number of nitrogens with zero attached hydrogens (tertiary/aromatic N) is 2. The quantitative estimate of drug-likeness (QED) is 0.611. The Morgan fingerprint density at radius 1 is 1.22 bits per heavy atom. The number of aromatic nitrogens is 1. The van der Waals surface area contributed by atoms with E-state index in [9.17, 15) is 13.6 Å². The number of halogens is 3. The Bertz CT molecular complexity index is 1030. The largest absolute Gasteiger partial charge is 0.331 e. The molecule has 1 aliphatic rings. The molecule has 0 N–H and O–H groups in total. The number of amides is 1. The van der Waals surface area contributed by atoms with Gasteiger partial charge in [0.2, 0.25) is 0 Å². The zero-order valence-corrected chi connectivity index (χ0v) is 15.4. The van der Waals surface area contributed by atoms with Crippen molar-refractivity contribution in [1.29, 1.82) is 0 Å². The predicted octanol–water partition coefficient (Wildman–Crippen LogP) is 5.28. The lowest BCUT2D eigenvalue weighted by Gasteiger charge is -2.24. The maximum atomic E-state index is 14.2. The average Bonchev–Trinajstić information content (AvgIpc) is 3.45. The van der Waals surface area contributed by atoms with E-state index in [0.29, 0.717) is 32.7 Å². The molecule has 0 unspecified atom stereocenters. The van der Waals surface area contributed by atoms with Crippen LogP contribution in [0, 0.1) is 18.6 Å². The smallest absolute Gasteiger partial charge is 0.256 e. The topological polar surface area (TPSA) is 33.2 Å². The van der Waals surface area contributed by atoms with Crippen LogP contribution in [0.5, 0.6) is 0 Å². The summed E-state index contributed by atoms with van der Waals surface area (Å²) in [6, 6.07) is 10.6. The molecule has 0 atom stereocenters. The van der Waals surface area contributed by atoms with Crippen LogP contribution < -0.4 is 0 Å². The molecule has 1 heterocycles. The highest BCUT2D eigenvalue weighted by Crippen LogP contribution is 2.32. The lowest BCUT2D eigenvalue weighted by atomic mass is 10.1. The first-order valence-corrected chi connectivity index (χ1v) is 9.12. The third-order valence-electron chi connectivity index (χ3n) is 4.84. The monoisotopic (exact) mass is 386 g/mol. The van der Waals surface area contributed by atoms with Crippen molar-refractivity contribution in [3.63, 3.8) is 0 Å². The number of pyridine rings is 1. The number of hydrogen-bond donors (Lipinski definition) is 0. The Morgan fingerprint density at radius 2 is 2.00 bits per heavy atom. The Balaban J connectivity index is 1.72. The first-order chi connectivity index (χ1) is 12.9. The van der Waals surface area contributed by atoms with Gasteiger partial charge in [-0.15, -0.1) is 0 Å². The molecule has 2 aromatic carbocycles. The molecule has 6 heteroatoms. The molecule has 0 radical (unpaired) electrons. The van der Waals surface area contributed by atoms with Crippen LogP contribution in [-0.4, -0.2) is 21.8 Å². The number of carbonyl (C=O) groups excluding carboxylic acids is 1. The van der Waals surface area contributed by atoms with Gasteiger partial charge in [-0.3, -0.25) is 9.78 Å². The van der Waals surface area contributed by atoms with E-state index in [-0.39, 0.29) is 24.3 Å². The van der Waals surface area contributed by atoms with Crippen LogP contribution in [0.1, 0.15) is 34.5 Å². The molecule has 1 amide bonds. The number of carbonyl (C=O) groups is 1. The molecule has 1 fully saturated rings. The summed E-state index contributed by atoms with van der Waals surface area (Å²) in [5, 5.41) is 0.988. The van der Waals surface area contributed by atoms with E-state index in [2.05, 4.69) is 4.98 Å². The molecule has 138 valence electrons. The summed E-state index contributed by atoms with van der Waals surface area (Å²) in [5.41, 5.74) is 1.77. The van der Waals surface area contributed by atoms with Crippen molar-refractivity contribution in [2.75, 3.05) is 0 Å². The molecule has 0 saturated heterocycles. The average molecular weight is 387 g/mol. The van der Waals surface area contributed by atoms with Crippen molar-refractivity contribution in [1.82, 2.24) is 9.88 Å². The van der Waals surface area contributed by atoms with Crippen molar-refractivity contribution in [2.45, 2.75) is 32.4 Å². The van der Waals surface area contributed by atoms with Crippen LogP contribution in [0.3, 0.4) is 0 Å². The first kappa shape index (κ1) is 17.9. The highest BCUT2D eigenvalue weighted by atomic mass is 35.5. The van der Waals surface area contributed by atoms with Crippen molar-refractivity contribution in [2.24, 2.45) is 0 Å². The Hall–Kier alpha value is -2.53. The molecule has 1 saturated carbocycles. The third-order valence-corrected chi connectivity index (χ3v) is 5.19. The van der Waals surface area contributed by atoms with Gasteiger partial charge in [-0.1, -0.05) is 17.7 Å². The lowest BCUT2D eigenvalue weighted by molar-refractivity contribution is 0.0727. The molecule has 27 heavy (non-hydrogen) atoms. The van der Waals surface area contributed by atoms with E-state index in [1.165, 1.54) is 18.2 Å². The Labute approximate surface area is 160 Å². The number of hydrogen-bond acceptors (Lipinski definition) is 2. The van der Waals surface area contributed by atoms with Crippen molar-refractivity contribution in [3.8, 4) is 0 Å². The summed E-state index contributed by atoms with van der Waals surface area (Å²) in [7, 11) is 0. The summed E-state index contributed by atoms with van der Waals surface area (Å²) < 4.78 is 27.6. The van der Waals surface area contributed by atoms with Gasteiger partial charge in [0.1, 0.15) is 11.6 Å². The van der Waals surface area contributed by atoms with Crippen LogP contribution in [0.4, 0.5) is 8.78 Å². The van der Waals surface area contributed by atoms with Crippen molar-refractivity contribution >= 4 is 28.4 Å². The fourth-order valence-corrected chi connectivity index (χ4v) is 3.44. The summed E-state index contributed by atoms with van der Waals surface area (Å²) in [4.78, 5) is 19.3. The minimum Gasteiger partial charge on any atom is -0.331 e. The van der Waals surface area contributed by atoms with Gasteiger partial charge >= 0.3 is 0 Å². The van der Waals surface area contributed by atoms with Crippen LogP contribution in [0.15, 0.2) is 42.5 Å². The maximum Gasteiger partial charge on any atom is 0.256 e. The van der Waals surface area contributed by atoms with Gasteiger partial charge < -0.3 is 4.90 Å². The molecule has 1 aliphatic carbocycles. The Morgan fingerprint density at radius 3 is 2.70 bits per heavy atom. The summed E-state index contributed by atoms with van der Waals surface area (Å²) in [5.74, 6) is -1.01. The van der Waals surface area contributed by atoms with Crippen molar-refractivity contribution < 1.29 is 13.6 Å². The number of aryl methyl sites for hydroxylation is 1. The SMILES string of the molecule is Cc1nc2cc(F)ccc2cc1C(=O)N(Cc1c(F)cccc1Cl)C1CC1. The molecule has 3 aromatic rings. The molecular formula is C21H17ClF2N2O. The highest BCUT2D eigenvalue weighted by molar-refractivity contribution is 6.31. The predicted molar refractivity (Wildman–Crippen MR) is 101 cm³/mol. The lowest BCUT2D eigenvalue weighted by Crippen LogP contribution is -2.33. The number of benzene rings is 2. The highest BCUT2D eigenvalue weighted by Gasteiger charge is 2.34. The minimum atomic E-state index is -0.426. The van der Waals surface area contributed by atoms with Gasteiger partial charge in [0.15, 0.2) is 0 Å². The molecule has 3 nitrogen and oxygen atoms in total. The van der Waals surface area contributed by atoms with Gasteiger partial charge in [0.05, 0.1) is 23.3 Å². The zero-order valence-electron chi connectivity index (χ0n) is 14.7. The molecule has 0 aliphatic heterocycles. The van der Waals surface area contributed by atoms with Gasteiger partial charge in [-0.2, -0.15) is 0 Å². The second-order valence-corrected chi connectivity index (χ2v) is 7.23. The van der Waals surface area contributed by atoms with E-state index in [1.807, 2.05) is 0 Å². The minimum absolute atomic E-state index is 0.0662. The van der Waals surface area contributed by atoms with Crippen LogP contribution in [0.2, 0.25) is 5.02 Å². The van der Waals surface area contributed by atoms with Crippen LogP contribution in [0.25, 0.3) is 10.9 Å². The van der Waals surface area contributed by atoms with E-state index in [0.717, 1.165) is 12.8 Å².